The lowest BCUT2D eigenvalue weighted by atomic mass is 9.68. The average Bonchev–Trinajstić information content (AvgIpc) is 2.26. The zero-order valence-electron chi connectivity index (χ0n) is 12.0. The molecule has 2 N–H and O–H groups in total. The number of anilines is 1. The molecule has 2 rings (SSSR count). The van der Waals surface area contributed by atoms with Crippen molar-refractivity contribution in [1.82, 2.24) is 0 Å². The van der Waals surface area contributed by atoms with Crippen molar-refractivity contribution in [2.24, 2.45) is 5.41 Å². The Hall–Kier alpha value is -1.51. The molecule has 0 radical (unpaired) electrons. The van der Waals surface area contributed by atoms with Gasteiger partial charge in [-0.1, -0.05) is 45.4 Å². The van der Waals surface area contributed by atoms with Crippen LogP contribution >= 0.6 is 0 Å². The molecule has 1 aromatic carbocycles. The van der Waals surface area contributed by atoms with Crippen LogP contribution in [0.3, 0.4) is 0 Å². The molecule has 0 atom stereocenters. The molecule has 3 heteroatoms. The number of aliphatic carboxylic acids is 1. The molecular weight excluding hydrogens is 238 g/mol. The summed E-state index contributed by atoms with van der Waals surface area (Å²) >= 11 is 0. The van der Waals surface area contributed by atoms with E-state index in [0.717, 1.165) is 24.9 Å². The Kier molecular flexibility index (Phi) is 3.57. The molecule has 0 aliphatic heterocycles. The summed E-state index contributed by atoms with van der Waals surface area (Å²) in [6.45, 7) is 7.03. The number of para-hydroxylation sites is 1. The number of carbonyl (C=O) groups is 1. The predicted octanol–water partition coefficient (Wildman–Crippen LogP) is 3.65. The maximum Gasteiger partial charge on any atom is 0.311 e. The van der Waals surface area contributed by atoms with Gasteiger partial charge in [-0.05, 0) is 29.9 Å². The van der Waals surface area contributed by atoms with E-state index in [2.05, 4.69) is 32.2 Å². The second-order valence-corrected chi connectivity index (χ2v) is 6.59. The van der Waals surface area contributed by atoms with Crippen molar-refractivity contribution in [2.75, 3.05) is 11.9 Å². The number of nitrogens with one attached hydrogen (secondary N) is 1. The normalized spacial score (nSPS) is 17.6. The van der Waals surface area contributed by atoms with Crippen LogP contribution < -0.4 is 5.32 Å². The molecule has 1 aliphatic rings. The minimum absolute atomic E-state index is 0.0552. The number of carboxylic acid groups (broad SMARTS) is 1. The second kappa shape index (κ2) is 4.87. The summed E-state index contributed by atoms with van der Waals surface area (Å²) in [6, 6.07) is 8.17. The molecule has 3 nitrogen and oxygen atoms in total. The molecule has 0 spiro atoms. The van der Waals surface area contributed by atoms with Crippen LogP contribution in [-0.4, -0.2) is 17.6 Å². The van der Waals surface area contributed by atoms with E-state index in [1.165, 1.54) is 5.56 Å². The first-order valence-electron chi connectivity index (χ1n) is 6.92. The molecular formula is C16H23NO2. The van der Waals surface area contributed by atoms with Gasteiger partial charge in [0.1, 0.15) is 0 Å². The van der Waals surface area contributed by atoms with Crippen molar-refractivity contribution in [3.63, 3.8) is 0 Å². The Labute approximate surface area is 115 Å². The molecule has 1 saturated carbocycles. The molecule has 1 aromatic rings. The van der Waals surface area contributed by atoms with Gasteiger partial charge in [0.2, 0.25) is 0 Å². The van der Waals surface area contributed by atoms with E-state index >= 15 is 0 Å². The number of carboxylic acids is 1. The van der Waals surface area contributed by atoms with E-state index in [1.54, 1.807) is 0 Å². The van der Waals surface area contributed by atoms with E-state index in [1.807, 2.05) is 18.2 Å². The Bertz CT molecular complexity index is 470. The molecule has 0 aromatic heterocycles. The van der Waals surface area contributed by atoms with Crippen molar-refractivity contribution >= 4 is 11.7 Å². The van der Waals surface area contributed by atoms with E-state index in [0.29, 0.717) is 6.54 Å². The zero-order valence-corrected chi connectivity index (χ0v) is 12.0. The fraction of sp³-hybridized carbons (Fsp3) is 0.562. The Morgan fingerprint density at radius 3 is 2.42 bits per heavy atom. The van der Waals surface area contributed by atoms with Crippen LogP contribution in [-0.2, 0) is 10.2 Å². The van der Waals surface area contributed by atoms with Crippen LogP contribution in [0.1, 0.15) is 45.6 Å². The highest BCUT2D eigenvalue weighted by Crippen LogP contribution is 2.41. The average molecular weight is 261 g/mol. The van der Waals surface area contributed by atoms with Crippen molar-refractivity contribution in [3.8, 4) is 0 Å². The summed E-state index contributed by atoms with van der Waals surface area (Å²) in [5.41, 5.74) is 1.79. The Balaban J connectivity index is 2.14. The Morgan fingerprint density at radius 1 is 1.32 bits per heavy atom. The first-order chi connectivity index (χ1) is 8.85. The largest absolute Gasteiger partial charge is 0.481 e. The van der Waals surface area contributed by atoms with Crippen molar-refractivity contribution in [3.05, 3.63) is 29.8 Å². The lowest BCUT2D eigenvalue weighted by molar-refractivity contribution is -0.153. The van der Waals surface area contributed by atoms with Crippen LogP contribution in [0.15, 0.2) is 24.3 Å². The molecule has 19 heavy (non-hydrogen) atoms. The lowest BCUT2D eigenvalue weighted by Gasteiger charge is -2.38. The summed E-state index contributed by atoms with van der Waals surface area (Å²) in [7, 11) is 0. The molecule has 0 heterocycles. The summed E-state index contributed by atoms with van der Waals surface area (Å²) in [5.74, 6) is -0.667. The minimum Gasteiger partial charge on any atom is -0.481 e. The highest BCUT2D eigenvalue weighted by atomic mass is 16.4. The quantitative estimate of drug-likeness (QED) is 0.869. The van der Waals surface area contributed by atoms with Crippen molar-refractivity contribution in [1.29, 1.82) is 0 Å². The van der Waals surface area contributed by atoms with Crippen LogP contribution in [0.4, 0.5) is 5.69 Å². The lowest BCUT2D eigenvalue weighted by Crippen LogP contribution is -2.43. The molecule has 104 valence electrons. The van der Waals surface area contributed by atoms with Gasteiger partial charge in [-0.2, -0.15) is 0 Å². The first-order valence-corrected chi connectivity index (χ1v) is 6.92. The predicted molar refractivity (Wildman–Crippen MR) is 77.6 cm³/mol. The molecule has 0 bridgehead atoms. The SMILES string of the molecule is CC(C)(C)c1ccccc1NCC1(C(=O)O)CCC1. The fourth-order valence-electron chi connectivity index (χ4n) is 2.63. The van der Waals surface area contributed by atoms with Gasteiger partial charge in [0, 0.05) is 12.2 Å². The second-order valence-electron chi connectivity index (χ2n) is 6.59. The summed E-state index contributed by atoms with van der Waals surface area (Å²) in [5, 5.41) is 12.7. The summed E-state index contributed by atoms with van der Waals surface area (Å²) in [4.78, 5) is 11.4. The maximum absolute atomic E-state index is 11.4. The zero-order chi connectivity index (χ0) is 14.1. The smallest absolute Gasteiger partial charge is 0.311 e. The minimum atomic E-state index is -0.667. The van der Waals surface area contributed by atoms with Gasteiger partial charge in [0.05, 0.1) is 5.41 Å². The van der Waals surface area contributed by atoms with Crippen LogP contribution in [0.25, 0.3) is 0 Å². The molecule has 0 amide bonds. The van der Waals surface area contributed by atoms with Crippen LogP contribution in [0.5, 0.6) is 0 Å². The fourth-order valence-corrected chi connectivity index (χ4v) is 2.63. The third-order valence-electron chi connectivity index (χ3n) is 4.12. The van der Waals surface area contributed by atoms with E-state index < -0.39 is 11.4 Å². The van der Waals surface area contributed by atoms with Gasteiger partial charge in [-0.3, -0.25) is 4.79 Å². The number of hydrogen-bond donors (Lipinski definition) is 2. The topological polar surface area (TPSA) is 49.3 Å². The van der Waals surface area contributed by atoms with Crippen LogP contribution in [0, 0.1) is 5.41 Å². The number of benzene rings is 1. The van der Waals surface area contributed by atoms with Gasteiger partial charge in [-0.25, -0.2) is 0 Å². The van der Waals surface area contributed by atoms with Crippen molar-refractivity contribution < 1.29 is 9.90 Å². The Morgan fingerprint density at radius 2 is 1.95 bits per heavy atom. The van der Waals surface area contributed by atoms with Gasteiger partial charge in [0.25, 0.3) is 0 Å². The standard InChI is InChI=1S/C16H23NO2/c1-15(2,3)12-7-4-5-8-13(12)17-11-16(14(18)19)9-6-10-16/h4-5,7-8,17H,6,9-11H2,1-3H3,(H,18,19). The molecule has 0 saturated heterocycles. The first kappa shape index (κ1) is 13.9. The highest BCUT2D eigenvalue weighted by Gasteiger charge is 2.44. The number of hydrogen-bond acceptors (Lipinski definition) is 2. The van der Waals surface area contributed by atoms with E-state index in [9.17, 15) is 9.90 Å². The van der Waals surface area contributed by atoms with E-state index in [-0.39, 0.29) is 5.41 Å². The third-order valence-corrected chi connectivity index (χ3v) is 4.12. The van der Waals surface area contributed by atoms with Gasteiger partial charge in [-0.15, -0.1) is 0 Å². The van der Waals surface area contributed by atoms with Gasteiger partial charge >= 0.3 is 5.97 Å². The van der Waals surface area contributed by atoms with Crippen molar-refractivity contribution in [2.45, 2.75) is 45.4 Å². The van der Waals surface area contributed by atoms with Crippen LogP contribution in [0.2, 0.25) is 0 Å². The monoisotopic (exact) mass is 261 g/mol. The van der Waals surface area contributed by atoms with E-state index in [4.69, 9.17) is 0 Å². The molecule has 1 aliphatic carbocycles. The number of rotatable bonds is 4. The maximum atomic E-state index is 11.4. The third kappa shape index (κ3) is 2.75. The summed E-state index contributed by atoms with van der Waals surface area (Å²) in [6.07, 6.45) is 2.59. The van der Waals surface area contributed by atoms with Gasteiger partial charge < -0.3 is 10.4 Å². The highest BCUT2D eigenvalue weighted by molar-refractivity contribution is 5.76. The molecule has 1 fully saturated rings. The van der Waals surface area contributed by atoms with Gasteiger partial charge in [0.15, 0.2) is 0 Å². The molecule has 0 unspecified atom stereocenters. The summed E-state index contributed by atoms with van der Waals surface area (Å²) < 4.78 is 0.